The summed E-state index contributed by atoms with van der Waals surface area (Å²) in [6, 6.07) is 3.53. The lowest BCUT2D eigenvalue weighted by Gasteiger charge is -2.14. The Hall–Kier alpha value is -1.64. The number of hydrazine groups is 1. The van der Waals surface area contributed by atoms with Crippen LogP contribution in [0, 0.1) is 6.92 Å². The number of carbonyl (C=O) groups is 1. The Balaban J connectivity index is 2.98. The molecule has 0 aliphatic heterocycles. The van der Waals surface area contributed by atoms with Gasteiger partial charge in [0.25, 0.3) is 5.91 Å². The highest BCUT2D eigenvalue weighted by molar-refractivity contribution is 7.89. The van der Waals surface area contributed by atoms with Crippen molar-refractivity contribution in [3.8, 4) is 5.75 Å². The molecule has 0 aromatic heterocycles. The summed E-state index contributed by atoms with van der Waals surface area (Å²) in [6.45, 7) is 5.50. The van der Waals surface area contributed by atoms with Crippen LogP contribution in [0.4, 0.5) is 0 Å². The molecule has 8 heteroatoms. The molecule has 1 aromatic carbocycles. The van der Waals surface area contributed by atoms with E-state index < -0.39 is 22.0 Å². The fraction of sp³-hybridized carbons (Fsp3) is 0.417. The molecule has 0 bridgehead atoms. The molecule has 0 spiro atoms. The van der Waals surface area contributed by atoms with Crippen LogP contribution >= 0.6 is 0 Å². The summed E-state index contributed by atoms with van der Waals surface area (Å²) < 4.78 is 31.8. The van der Waals surface area contributed by atoms with Crippen LogP contribution in [0.25, 0.3) is 0 Å². The van der Waals surface area contributed by atoms with Crippen LogP contribution < -0.4 is 20.7 Å². The molecule has 7 nitrogen and oxygen atoms in total. The lowest BCUT2D eigenvalue weighted by molar-refractivity contribution is -0.122. The van der Waals surface area contributed by atoms with Crippen molar-refractivity contribution in [2.45, 2.75) is 31.7 Å². The molecule has 4 N–H and O–H groups in total. The smallest absolute Gasteiger partial charge is 0.251 e. The Bertz CT molecular complexity index is 586. The van der Waals surface area contributed by atoms with Crippen molar-refractivity contribution in [3.05, 3.63) is 23.8 Å². The Labute approximate surface area is 118 Å². The summed E-state index contributed by atoms with van der Waals surface area (Å²) >= 11 is 0. The molecular weight excluding hydrogens is 282 g/mol. The minimum absolute atomic E-state index is 0.0649. The Morgan fingerprint density at radius 3 is 2.60 bits per heavy atom. The van der Waals surface area contributed by atoms with Crippen LogP contribution in [0.1, 0.15) is 19.4 Å². The van der Waals surface area contributed by atoms with Gasteiger partial charge in [-0.2, -0.15) is 4.72 Å². The van der Waals surface area contributed by atoms with Crippen LogP contribution in [0.3, 0.4) is 0 Å². The number of hydrogen-bond donors (Lipinski definition) is 3. The molecule has 0 aliphatic rings. The number of benzene rings is 1. The zero-order valence-corrected chi connectivity index (χ0v) is 12.5. The summed E-state index contributed by atoms with van der Waals surface area (Å²) in [5, 5.41) is 0. The monoisotopic (exact) mass is 301 g/mol. The average molecular weight is 301 g/mol. The molecule has 0 radical (unpaired) electrons. The van der Waals surface area contributed by atoms with Crippen molar-refractivity contribution < 1.29 is 17.9 Å². The van der Waals surface area contributed by atoms with E-state index in [0.717, 1.165) is 0 Å². The molecule has 0 saturated carbocycles. The summed E-state index contributed by atoms with van der Waals surface area (Å²) in [7, 11) is -3.79. The van der Waals surface area contributed by atoms with Crippen LogP contribution in [0.15, 0.2) is 23.1 Å². The first-order valence-electron chi connectivity index (χ1n) is 6.08. The average Bonchev–Trinajstić information content (AvgIpc) is 2.39. The zero-order chi connectivity index (χ0) is 15.3. The lowest BCUT2D eigenvalue weighted by atomic mass is 10.2. The molecule has 0 unspecified atom stereocenters. The minimum atomic E-state index is -3.79. The van der Waals surface area contributed by atoms with E-state index in [9.17, 15) is 13.2 Å². The molecule has 1 atom stereocenters. The Morgan fingerprint density at radius 1 is 1.45 bits per heavy atom. The fourth-order valence-electron chi connectivity index (χ4n) is 1.59. The predicted molar refractivity (Wildman–Crippen MR) is 74.5 cm³/mol. The topological polar surface area (TPSA) is 111 Å². The lowest BCUT2D eigenvalue weighted by Crippen LogP contribution is -2.47. The van der Waals surface area contributed by atoms with Gasteiger partial charge in [0.2, 0.25) is 10.0 Å². The number of aryl methyl sites for hydroxylation is 1. The van der Waals surface area contributed by atoms with Crippen LogP contribution in [0.5, 0.6) is 5.75 Å². The highest BCUT2D eigenvalue weighted by atomic mass is 32.2. The van der Waals surface area contributed by atoms with Gasteiger partial charge < -0.3 is 4.74 Å². The van der Waals surface area contributed by atoms with Crippen molar-refractivity contribution in [1.29, 1.82) is 0 Å². The van der Waals surface area contributed by atoms with E-state index in [1.807, 2.05) is 12.3 Å². The Morgan fingerprint density at radius 2 is 2.10 bits per heavy atom. The van der Waals surface area contributed by atoms with Gasteiger partial charge in [-0.05, 0) is 44.5 Å². The van der Waals surface area contributed by atoms with Gasteiger partial charge in [-0.3, -0.25) is 10.2 Å². The maximum absolute atomic E-state index is 12.1. The number of amides is 1. The largest absolute Gasteiger partial charge is 0.494 e. The first-order chi connectivity index (χ1) is 9.31. The van der Waals surface area contributed by atoms with E-state index in [0.29, 0.717) is 17.9 Å². The molecule has 0 fully saturated rings. The van der Waals surface area contributed by atoms with Crippen molar-refractivity contribution >= 4 is 15.9 Å². The van der Waals surface area contributed by atoms with E-state index in [-0.39, 0.29) is 4.90 Å². The number of nitrogens with one attached hydrogen (secondary N) is 2. The maximum atomic E-state index is 12.1. The molecule has 1 rings (SSSR count). The number of nitrogens with two attached hydrogens (primary N) is 1. The molecule has 0 heterocycles. The summed E-state index contributed by atoms with van der Waals surface area (Å²) in [5.74, 6) is 4.97. The first kappa shape index (κ1) is 16.4. The third kappa shape index (κ3) is 3.92. The van der Waals surface area contributed by atoms with E-state index in [1.165, 1.54) is 19.1 Å². The number of ether oxygens (including phenoxy) is 1. The van der Waals surface area contributed by atoms with Gasteiger partial charge in [0.1, 0.15) is 5.75 Å². The minimum Gasteiger partial charge on any atom is -0.494 e. The van der Waals surface area contributed by atoms with E-state index in [2.05, 4.69) is 4.72 Å². The maximum Gasteiger partial charge on any atom is 0.251 e. The van der Waals surface area contributed by atoms with Gasteiger partial charge in [0.05, 0.1) is 17.5 Å². The van der Waals surface area contributed by atoms with Crippen LogP contribution in [0.2, 0.25) is 0 Å². The quantitative estimate of drug-likeness (QED) is 0.391. The third-order valence-corrected chi connectivity index (χ3v) is 4.16. The molecular formula is C12H19N3O4S. The molecule has 0 saturated heterocycles. The van der Waals surface area contributed by atoms with Crippen molar-refractivity contribution in [1.82, 2.24) is 10.1 Å². The molecule has 1 aromatic rings. The summed E-state index contributed by atoms with van der Waals surface area (Å²) in [4.78, 5) is 11.3. The zero-order valence-electron chi connectivity index (χ0n) is 11.6. The number of carbonyl (C=O) groups excluding carboxylic acids is 1. The van der Waals surface area contributed by atoms with Crippen LogP contribution in [-0.2, 0) is 14.8 Å². The van der Waals surface area contributed by atoms with E-state index >= 15 is 0 Å². The Kier molecular flexibility index (Phi) is 5.49. The van der Waals surface area contributed by atoms with Crippen molar-refractivity contribution in [2.75, 3.05) is 6.61 Å². The van der Waals surface area contributed by atoms with Gasteiger partial charge in [0.15, 0.2) is 0 Å². The van der Waals surface area contributed by atoms with E-state index in [4.69, 9.17) is 10.6 Å². The van der Waals surface area contributed by atoms with Crippen LogP contribution in [-0.4, -0.2) is 27.0 Å². The second-order valence-electron chi connectivity index (χ2n) is 4.21. The summed E-state index contributed by atoms with van der Waals surface area (Å²) in [5.41, 5.74) is 2.59. The van der Waals surface area contributed by atoms with Gasteiger partial charge >= 0.3 is 0 Å². The first-order valence-corrected chi connectivity index (χ1v) is 7.56. The van der Waals surface area contributed by atoms with Gasteiger partial charge in [-0.1, -0.05) is 0 Å². The fourth-order valence-corrected chi connectivity index (χ4v) is 2.87. The number of rotatable bonds is 6. The summed E-state index contributed by atoms with van der Waals surface area (Å²) in [6.07, 6.45) is 0. The second-order valence-corrected chi connectivity index (χ2v) is 5.93. The SMILES string of the molecule is CCOc1ccc(S(=O)(=O)N[C@@H](C)C(=O)NN)cc1C. The molecule has 20 heavy (non-hydrogen) atoms. The number of hydrogen-bond acceptors (Lipinski definition) is 5. The highest BCUT2D eigenvalue weighted by Gasteiger charge is 2.22. The number of sulfonamides is 1. The predicted octanol–water partition coefficient (Wildman–Crippen LogP) is 0.0504. The normalized spacial score (nSPS) is 12.8. The molecule has 112 valence electrons. The highest BCUT2D eigenvalue weighted by Crippen LogP contribution is 2.21. The standard InChI is InChI=1S/C12H19N3O4S/c1-4-19-11-6-5-10(7-8(11)2)20(17,18)15-9(3)12(16)14-13/h5-7,9,15H,4,13H2,1-3H3,(H,14,16)/t9-/m0/s1. The second kappa shape index (κ2) is 6.69. The van der Waals surface area contributed by atoms with Crippen molar-refractivity contribution in [2.24, 2.45) is 5.84 Å². The van der Waals surface area contributed by atoms with Gasteiger partial charge in [-0.15, -0.1) is 0 Å². The van der Waals surface area contributed by atoms with E-state index in [1.54, 1.807) is 13.0 Å². The van der Waals surface area contributed by atoms with Gasteiger partial charge in [0, 0.05) is 0 Å². The van der Waals surface area contributed by atoms with Crippen molar-refractivity contribution in [3.63, 3.8) is 0 Å². The molecule has 1 amide bonds. The third-order valence-electron chi connectivity index (χ3n) is 2.62. The molecule has 0 aliphatic carbocycles. The van der Waals surface area contributed by atoms with Gasteiger partial charge in [-0.25, -0.2) is 14.3 Å².